The van der Waals surface area contributed by atoms with Crippen LogP contribution in [-0.4, -0.2) is 53.2 Å². The number of aromatic nitrogens is 2. The quantitative estimate of drug-likeness (QED) is 0.430. The second-order valence-corrected chi connectivity index (χ2v) is 6.27. The molecular formula is C13H19N4O5+. The van der Waals surface area contributed by atoms with Gasteiger partial charge in [-0.25, -0.2) is 0 Å². The molecule has 1 aromatic rings. The number of hydrogen-bond donors (Lipinski definition) is 2. The number of quaternary nitrogens is 1. The van der Waals surface area contributed by atoms with E-state index in [-0.39, 0.29) is 11.6 Å². The van der Waals surface area contributed by atoms with E-state index in [2.05, 4.69) is 9.79 Å². The average Bonchev–Trinajstić information content (AvgIpc) is 2.99. The van der Waals surface area contributed by atoms with Gasteiger partial charge in [-0.15, -0.1) is 0 Å². The zero-order valence-corrected chi connectivity index (χ0v) is 12.3. The lowest BCUT2D eigenvalue weighted by molar-refractivity contribution is -1.01. The fourth-order valence-electron chi connectivity index (χ4n) is 4.13. The molecule has 2 N–H and O–H groups in total. The highest BCUT2D eigenvalue weighted by atomic mass is 16.8. The van der Waals surface area contributed by atoms with Crippen LogP contribution in [-0.2, 0) is 16.8 Å². The number of morpholine rings is 1. The summed E-state index contributed by atoms with van der Waals surface area (Å²) in [7, 11) is 0. The van der Waals surface area contributed by atoms with Crippen LogP contribution in [0, 0.1) is 16.3 Å². The maximum Gasteiger partial charge on any atom is 0.294 e. The van der Waals surface area contributed by atoms with E-state index in [0.29, 0.717) is 42.4 Å². The van der Waals surface area contributed by atoms with Crippen molar-refractivity contribution in [2.75, 3.05) is 26.3 Å². The first-order valence-corrected chi connectivity index (χ1v) is 7.61. The van der Waals surface area contributed by atoms with Gasteiger partial charge in [0.15, 0.2) is 0 Å². The summed E-state index contributed by atoms with van der Waals surface area (Å²) >= 11 is 0. The summed E-state index contributed by atoms with van der Waals surface area (Å²) in [6, 6.07) is 0. The summed E-state index contributed by atoms with van der Waals surface area (Å²) in [5.74, 6) is -0.378. The lowest BCUT2D eigenvalue weighted by Crippen LogP contribution is -3.19. The Kier molecular flexibility index (Phi) is 2.94. The first kappa shape index (κ1) is 13.9. The zero-order chi connectivity index (χ0) is 15.5. The molecule has 0 radical (unpaired) electrons. The van der Waals surface area contributed by atoms with Crippen molar-refractivity contribution in [3.8, 4) is 0 Å². The van der Waals surface area contributed by atoms with Gasteiger partial charge in [0.25, 0.3) is 11.9 Å². The smallest absolute Gasteiger partial charge is 0.294 e. The van der Waals surface area contributed by atoms with E-state index in [0.717, 1.165) is 22.7 Å². The minimum Gasteiger partial charge on any atom is -0.619 e. The monoisotopic (exact) mass is 311 g/mol. The normalized spacial score (nSPS) is 35.5. The van der Waals surface area contributed by atoms with Crippen molar-refractivity contribution in [3.05, 3.63) is 21.8 Å². The Morgan fingerprint density at radius 2 is 2.05 bits per heavy atom. The molecule has 0 unspecified atom stereocenters. The SMILES string of the molecule is C[C@H]1[C@@H]([NH+]2CCOCC2)[N+]([O-])=C2CCc3c(no[n+]3[O-])[C@@]21O. The molecule has 2 aliphatic heterocycles. The lowest BCUT2D eigenvalue weighted by atomic mass is 9.76. The number of rotatable bonds is 1. The zero-order valence-electron chi connectivity index (χ0n) is 12.3. The Hall–Kier alpha value is -1.71. The molecule has 0 saturated carbocycles. The fourth-order valence-corrected chi connectivity index (χ4v) is 4.13. The molecule has 1 aromatic heterocycles. The molecule has 22 heavy (non-hydrogen) atoms. The highest BCUT2D eigenvalue weighted by Crippen LogP contribution is 2.42. The van der Waals surface area contributed by atoms with Crippen LogP contribution >= 0.6 is 0 Å². The van der Waals surface area contributed by atoms with Gasteiger partial charge in [0, 0.05) is 18.0 Å². The van der Waals surface area contributed by atoms with Gasteiger partial charge in [-0.05, 0) is 11.8 Å². The van der Waals surface area contributed by atoms with Crippen LogP contribution in [0.2, 0.25) is 0 Å². The Bertz CT molecular complexity index is 638. The van der Waals surface area contributed by atoms with Gasteiger partial charge >= 0.3 is 0 Å². The number of ether oxygens (including phenoxy) is 1. The molecule has 1 saturated heterocycles. The van der Waals surface area contributed by atoms with E-state index in [1.165, 1.54) is 0 Å². The van der Waals surface area contributed by atoms with Gasteiger partial charge in [-0.3, -0.25) is 9.53 Å². The number of fused-ring (bicyclic) bond motifs is 3. The summed E-state index contributed by atoms with van der Waals surface area (Å²) in [6.07, 6.45) is 0.309. The van der Waals surface area contributed by atoms with Gasteiger partial charge in [0.05, 0.1) is 13.2 Å². The van der Waals surface area contributed by atoms with Crippen LogP contribution in [0.3, 0.4) is 0 Å². The first-order chi connectivity index (χ1) is 10.5. The molecule has 3 heterocycles. The molecule has 9 heteroatoms. The number of nitrogens with one attached hydrogen (secondary N) is 1. The van der Waals surface area contributed by atoms with Crippen LogP contribution in [0.5, 0.6) is 0 Å². The first-order valence-electron chi connectivity index (χ1n) is 7.61. The van der Waals surface area contributed by atoms with Gasteiger partial charge in [-0.2, -0.15) is 4.74 Å². The molecule has 1 fully saturated rings. The largest absolute Gasteiger partial charge is 0.619 e. The minimum absolute atomic E-state index is 0.201. The molecule has 120 valence electrons. The maximum absolute atomic E-state index is 12.8. The van der Waals surface area contributed by atoms with Crippen LogP contribution in [0.15, 0.2) is 4.63 Å². The predicted molar refractivity (Wildman–Crippen MR) is 70.8 cm³/mol. The third-order valence-corrected chi connectivity index (χ3v) is 5.30. The van der Waals surface area contributed by atoms with Crippen LogP contribution in [0.1, 0.15) is 24.7 Å². The average molecular weight is 311 g/mol. The molecule has 0 amide bonds. The number of hydroxylamine groups is 1. The van der Waals surface area contributed by atoms with Gasteiger partial charge in [0.1, 0.15) is 19.0 Å². The molecular weight excluding hydrogens is 292 g/mol. The highest BCUT2D eigenvalue weighted by molar-refractivity contribution is 5.92. The minimum atomic E-state index is -1.51. The van der Waals surface area contributed by atoms with Crippen molar-refractivity contribution in [2.24, 2.45) is 5.92 Å². The highest BCUT2D eigenvalue weighted by Gasteiger charge is 2.67. The number of nitrogens with zero attached hydrogens (tertiary/aromatic N) is 3. The van der Waals surface area contributed by atoms with E-state index < -0.39 is 11.8 Å². The molecule has 9 nitrogen and oxygen atoms in total. The Morgan fingerprint density at radius 3 is 2.77 bits per heavy atom. The van der Waals surface area contributed by atoms with E-state index in [9.17, 15) is 15.5 Å². The second-order valence-electron chi connectivity index (χ2n) is 6.27. The molecule has 3 atom stereocenters. The summed E-state index contributed by atoms with van der Waals surface area (Å²) < 4.78 is 10.9. The van der Waals surface area contributed by atoms with E-state index in [1.54, 1.807) is 0 Å². The van der Waals surface area contributed by atoms with E-state index in [1.807, 2.05) is 6.92 Å². The lowest BCUT2D eigenvalue weighted by Gasteiger charge is -2.31. The Labute approximate surface area is 126 Å². The number of aliphatic hydroxyl groups is 1. The fraction of sp³-hybridized carbons (Fsp3) is 0.769. The molecule has 0 aromatic carbocycles. The molecule has 4 rings (SSSR count). The summed E-state index contributed by atoms with van der Waals surface area (Å²) in [6.45, 7) is 4.50. The molecule has 0 spiro atoms. The Morgan fingerprint density at radius 1 is 1.32 bits per heavy atom. The van der Waals surface area contributed by atoms with Crippen LogP contribution in [0.4, 0.5) is 0 Å². The van der Waals surface area contributed by atoms with Crippen molar-refractivity contribution in [1.82, 2.24) is 5.16 Å². The molecule has 1 aliphatic carbocycles. The summed E-state index contributed by atoms with van der Waals surface area (Å²) in [4.78, 5) is 1.44. The van der Waals surface area contributed by atoms with Crippen molar-refractivity contribution in [2.45, 2.75) is 31.5 Å². The van der Waals surface area contributed by atoms with Crippen molar-refractivity contribution < 1.29 is 29.0 Å². The summed E-state index contributed by atoms with van der Waals surface area (Å²) in [5, 5.41) is 39.4. The second kappa shape index (κ2) is 4.64. The maximum atomic E-state index is 12.8. The van der Waals surface area contributed by atoms with E-state index >= 15 is 0 Å². The topological polar surface area (TPSA) is 113 Å². The number of hydrogen-bond acceptors (Lipinski definition) is 6. The third-order valence-electron chi connectivity index (χ3n) is 5.30. The van der Waals surface area contributed by atoms with Crippen LogP contribution in [0.25, 0.3) is 0 Å². The van der Waals surface area contributed by atoms with Gasteiger partial charge in [0.2, 0.25) is 17.0 Å². The molecule has 0 bridgehead atoms. The van der Waals surface area contributed by atoms with Crippen molar-refractivity contribution in [3.63, 3.8) is 0 Å². The molecule has 3 aliphatic rings. The standard InChI is InChI=1S/C13H18N4O5/c1-8-12(15-4-6-21-7-5-15)16(19)10-3-2-9-11(13(8,10)18)14-22-17(9)20/h8,12,18H,2-7H2,1H3/p+1/t8-,12-,13-/m0/s1. The van der Waals surface area contributed by atoms with Crippen LogP contribution < -0.4 is 9.80 Å². The van der Waals surface area contributed by atoms with Gasteiger partial charge < -0.3 is 20.3 Å². The van der Waals surface area contributed by atoms with Crippen molar-refractivity contribution >= 4 is 5.71 Å². The predicted octanol–water partition coefficient (Wildman–Crippen LogP) is -2.72. The summed E-state index contributed by atoms with van der Waals surface area (Å²) in [5.41, 5.74) is -0.591. The third kappa shape index (κ3) is 1.61. The van der Waals surface area contributed by atoms with Gasteiger partial charge in [-0.1, -0.05) is 0 Å². The van der Waals surface area contributed by atoms with Crippen molar-refractivity contribution in [1.29, 1.82) is 0 Å². The van der Waals surface area contributed by atoms with E-state index in [4.69, 9.17) is 4.74 Å². The Balaban J connectivity index is 1.78.